The maximum atomic E-state index is 13.4. The Hall–Kier alpha value is -1.72. The fraction of sp³-hybridized carbons (Fsp3) is 0.391. The summed E-state index contributed by atoms with van der Waals surface area (Å²) in [5.74, 6) is 0. The fourth-order valence-corrected chi connectivity index (χ4v) is 5.93. The molecular formula is C23H22F3NS. The van der Waals surface area contributed by atoms with Gasteiger partial charge in [-0.2, -0.15) is 13.2 Å². The van der Waals surface area contributed by atoms with Crippen LogP contribution in [0.25, 0.3) is 5.57 Å². The van der Waals surface area contributed by atoms with Crippen LogP contribution in [0.1, 0.15) is 48.8 Å². The van der Waals surface area contributed by atoms with Crippen molar-refractivity contribution in [2.24, 2.45) is 0 Å². The molecule has 2 aromatic carbocycles. The summed E-state index contributed by atoms with van der Waals surface area (Å²) >= 11 is 1.58. The van der Waals surface area contributed by atoms with Crippen LogP contribution in [0.5, 0.6) is 0 Å². The first-order valence-electron chi connectivity index (χ1n) is 9.95. The SMILES string of the molecule is FC(F)(F)c1ccc2c(c1)/C(=C1\CCC3CCCCN3C1)c1ccccc1S2. The van der Waals surface area contributed by atoms with Gasteiger partial charge in [-0.05, 0) is 78.8 Å². The van der Waals surface area contributed by atoms with Crippen LogP contribution in [0.15, 0.2) is 57.8 Å². The van der Waals surface area contributed by atoms with E-state index < -0.39 is 11.7 Å². The van der Waals surface area contributed by atoms with Gasteiger partial charge in [-0.15, -0.1) is 0 Å². The van der Waals surface area contributed by atoms with Gasteiger partial charge in [0.2, 0.25) is 0 Å². The van der Waals surface area contributed by atoms with E-state index >= 15 is 0 Å². The molecule has 146 valence electrons. The third-order valence-corrected chi connectivity index (χ3v) is 7.38. The molecule has 0 saturated carbocycles. The number of nitrogens with zero attached hydrogens (tertiary/aromatic N) is 1. The van der Waals surface area contributed by atoms with Crippen LogP contribution < -0.4 is 0 Å². The third kappa shape index (κ3) is 3.18. The first-order valence-corrected chi connectivity index (χ1v) is 10.8. The molecule has 2 saturated heterocycles. The topological polar surface area (TPSA) is 3.24 Å². The molecule has 2 fully saturated rings. The van der Waals surface area contributed by atoms with Gasteiger partial charge in [0.15, 0.2) is 0 Å². The second kappa shape index (κ2) is 6.96. The lowest BCUT2D eigenvalue weighted by atomic mass is 9.84. The molecule has 0 aliphatic carbocycles. The van der Waals surface area contributed by atoms with Crippen LogP contribution in [0.4, 0.5) is 13.2 Å². The molecule has 2 aromatic rings. The minimum Gasteiger partial charge on any atom is -0.296 e. The highest BCUT2D eigenvalue weighted by atomic mass is 32.2. The van der Waals surface area contributed by atoms with Crippen LogP contribution in [-0.2, 0) is 6.18 Å². The van der Waals surface area contributed by atoms with Crippen LogP contribution >= 0.6 is 11.8 Å². The minimum absolute atomic E-state index is 0.559. The van der Waals surface area contributed by atoms with Gasteiger partial charge in [0.1, 0.15) is 0 Å². The summed E-state index contributed by atoms with van der Waals surface area (Å²) in [6.07, 6.45) is 1.54. The molecule has 0 aromatic heterocycles. The molecular weight excluding hydrogens is 379 g/mol. The van der Waals surface area contributed by atoms with Crippen molar-refractivity contribution in [3.05, 3.63) is 64.7 Å². The second-order valence-electron chi connectivity index (χ2n) is 7.94. The van der Waals surface area contributed by atoms with Crippen molar-refractivity contribution < 1.29 is 13.2 Å². The number of benzene rings is 2. The molecule has 1 atom stereocenters. The lowest BCUT2D eigenvalue weighted by Gasteiger charge is -2.41. The Morgan fingerprint density at radius 1 is 0.929 bits per heavy atom. The van der Waals surface area contributed by atoms with Crippen LogP contribution in [0.2, 0.25) is 0 Å². The summed E-state index contributed by atoms with van der Waals surface area (Å²) < 4.78 is 40.2. The largest absolute Gasteiger partial charge is 0.416 e. The van der Waals surface area contributed by atoms with Crippen molar-refractivity contribution in [1.29, 1.82) is 0 Å². The summed E-state index contributed by atoms with van der Waals surface area (Å²) in [5.41, 5.74) is 3.62. The molecule has 1 nitrogen and oxygen atoms in total. The molecule has 5 heteroatoms. The zero-order valence-corrected chi connectivity index (χ0v) is 16.4. The summed E-state index contributed by atoms with van der Waals surface area (Å²) in [5, 5.41) is 0. The fourth-order valence-electron chi connectivity index (χ4n) is 4.86. The van der Waals surface area contributed by atoms with Gasteiger partial charge in [0, 0.05) is 22.4 Å². The molecule has 3 heterocycles. The highest BCUT2D eigenvalue weighted by Crippen LogP contribution is 2.49. The lowest BCUT2D eigenvalue weighted by Crippen LogP contribution is -2.43. The Balaban J connectivity index is 1.66. The van der Waals surface area contributed by atoms with E-state index in [0.29, 0.717) is 6.04 Å². The summed E-state index contributed by atoms with van der Waals surface area (Å²) in [6, 6.07) is 13.0. The highest BCUT2D eigenvalue weighted by molar-refractivity contribution is 7.99. The molecule has 0 bridgehead atoms. The number of halogens is 3. The Kier molecular flexibility index (Phi) is 4.55. The molecule has 3 aliphatic rings. The van der Waals surface area contributed by atoms with E-state index in [1.165, 1.54) is 37.0 Å². The van der Waals surface area contributed by atoms with Crippen molar-refractivity contribution in [2.45, 2.75) is 54.1 Å². The van der Waals surface area contributed by atoms with Crippen LogP contribution in [0.3, 0.4) is 0 Å². The van der Waals surface area contributed by atoms with E-state index in [0.717, 1.165) is 52.4 Å². The number of fused-ring (bicyclic) bond motifs is 3. The first kappa shape index (κ1) is 18.3. The van der Waals surface area contributed by atoms with Crippen molar-refractivity contribution in [3.8, 4) is 0 Å². The van der Waals surface area contributed by atoms with Gasteiger partial charge in [-0.3, -0.25) is 4.90 Å². The summed E-state index contributed by atoms with van der Waals surface area (Å²) in [6.45, 7) is 1.99. The lowest BCUT2D eigenvalue weighted by molar-refractivity contribution is -0.137. The predicted octanol–water partition coefficient (Wildman–Crippen LogP) is 6.62. The average Bonchev–Trinajstić information content (AvgIpc) is 2.70. The minimum atomic E-state index is -4.32. The first-order chi connectivity index (χ1) is 13.5. The Labute approximate surface area is 167 Å². The van der Waals surface area contributed by atoms with Gasteiger partial charge < -0.3 is 0 Å². The predicted molar refractivity (Wildman–Crippen MR) is 106 cm³/mol. The molecule has 5 rings (SSSR count). The summed E-state index contributed by atoms with van der Waals surface area (Å²) in [4.78, 5) is 4.61. The zero-order valence-electron chi connectivity index (χ0n) is 15.6. The van der Waals surface area contributed by atoms with Crippen LogP contribution in [-0.4, -0.2) is 24.0 Å². The molecule has 0 N–H and O–H groups in total. The monoisotopic (exact) mass is 401 g/mol. The second-order valence-corrected chi connectivity index (χ2v) is 9.03. The van der Waals surface area contributed by atoms with E-state index in [1.807, 2.05) is 12.1 Å². The van der Waals surface area contributed by atoms with Crippen molar-refractivity contribution in [2.75, 3.05) is 13.1 Å². The van der Waals surface area contributed by atoms with Gasteiger partial charge in [0.25, 0.3) is 0 Å². The van der Waals surface area contributed by atoms with Gasteiger partial charge in [-0.25, -0.2) is 0 Å². The highest BCUT2D eigenvalue weighted by Gasteiger charge is 2.34. The molecule has 28 heavy (non-hydrogen) atoms. The zero-order chi connectivity index (χ0) is 19.3. The molecule has 0 radical (unpaired) electrons. The maximum absolute atomic E-state index is 13.4. The van der Waals surface area contributed by atoms with Gasteiger partial charge in [-0.1, -0.05) is 36.4 Å². The van der Waals surface area contributed by atoms with E-state index in [4.69, 9.17) is 0 Å². The number of hydrogen-bond acceptors (Lipinski definition) is 2. The third-order valence-electron chi connectivity index (χ3n) is 6.23. The molecule has 0 spiro atoms. The molecule has 1 unspecified atom stereocenters. The number of alkyl halides is 3. The molecule has 0 amide bonds. The summed E-state index contributed by atoms with van der Waals surface area (Å²) in [7, 11) is 0. The molecule has 3 aliphatic heterocycles. The van der Waals surface area contributed by atoms with Crippen LogP contribution in [0, 0.1) is 0 Å². The van der Waals surface area contributed by atoms with E-state index in [1.54, 1.807) is 17.8 Å². The average molecular weight is 401 g/mol. The quantitative estimate of drug-likeness (QED) is 0.416. The Morgan fingerprint density at radius 3 is 2.61 bits per heavy atom. The number of piperidine rings is 2. The van der Waals surface area contributed by atoms with E-state index in [9.17, 15) is 13.2 Å². The normalized spacial score (nSPS) is 25.0. The van der Waals surface area contributed by atoms with Gasteiger partial charge >= 0.3 is 6.18 Å². The van der Waals surface area contributed by atoms with E-state index in [2.05, 4.69) is 17.0 Å². The maximum Gasteiger partial charge on any atom is 0.416 e. The number of hydrogen-bond donors (Lipinski definition) is 0. The van der Waals surface area contributed by atoms with E-state index in [-0.39, 0.29) is 0 Å². The van der Waals surface area contributed by atoms with Gasteiger partial charge in [0.05, 0.1) is 5.56 Å². The standard InChI is InChI=1S/C23H22F3NS/c24-23(25,26)16-9-11-21-19(13-16)22(18-6-1-2-7-20(18)28-21)15-8-10-17-5-3-4-12-27(17)14-15/h1-2,6-7,9,11,13,17H,3-5,8,10,12,14H2/b22-15+. The number of rotatable bonds is 0. The van der Waals surface area contributed by atoms with Crippen molar-refractivity contribution in [1.82, 2.24) is 4.90 Å². The Morgan fingerprint density at radius 2 is 1.75 bits per heavy atom. The smallest absolute Gasteiger partial charge is 0.296 e. The van der Waals surface area contributed by atoms with Crippen molar-refractivity contribution in [3.63, 3.8) is 0 Å². The van der Waals surface area contributed by atoms with Crippen molar-refractivity contribution >= 4 is 17.3 Å². The Bertz CT molecular complexity index is 947.